The van der Waals surface area contributed by atoms with Crippen LogP contribution in [0.5, 0.6) is 5.75 Å². The van der Waals surface area contributed by atoms with E-state index in [-0.39, 0.29) is 113 Å². The normalized spacial score (nSPS) is 23.9. The first-order valence-electron chi connectivity index (χ1n) is 27.6. The molecule has 1 heterocycles. The minimum Gasteiger partial charge on any atom is -0.497 e. The number of benzene rings is 1. The second kappa shape index (κ2) is 29.1. The lowest BCUT2D eigenvalue weighted by Crippen LogP contribution is -2.58. The van der Waals surface area contributed by atoms with Crippen molar-refractivity contribution in [3.63, 3.8) is 0 Å². The van der Waals surface area contributed by atoms with Crippen molar-refractivity contribution in [1.29, 1.82) is 0 Å². The maximum Gasteiger partial charge on any atom is 0.195 e. The van der Waals surface area contributed by atoms with Crippen LogP contribution in [0.2, 0.25) is 54.4 Å². The molecule has 426 valence electrons. The van der Waals surface area contributed by atoms with Gasteiger partial charge in [-0.2, -0.15) is 0 Å². The van der Waals surface area contributed by atoms with E-state index < -0.39 is 31.2 Å². The average Bonchev–Trinajstić information content (AvgIpc) is 3.28. The molecule has 0 bridgehead atoms. The van der Waals surface area contributed by atoms with Gasteiger partial charge in [-0.15, -0.1) is 0 Å². The van der Waals surface area contributed by atoms with Crippen molar-refractivity contribution in [3.05, 3.63) is 53.6 Å². The van der Waals surface area contributed by atoms with Crippen LogP contribution in [0.25, 0.3) is 0 Å². The molecule has 11 nitrogen and oxygen atoms in total. The van der Waals surface area contributed by atoms with Crippen LogP contribution in [-0.4, -0.2) is 114 Å². The van der Waals surface area contributed by atoms with Gasteiger partial charge in [0.2, 0.25) is 0 Å². The average molecular weight is 1080 g/mol. The van der Waals surface area contributed by atoms with Gasteiger partial charge in [-0.3, -0.25) is 0 Å². The molecule has 14 heteroatoms. The van der Waals surface area contributed by atoms with Crippen molar-refractivity contribution in [3.8, 4) is 5.75 Å². The second-order valence-corrected chi connectivity index (χ2v) is 40.9. The summed E-state index contributed by atoms with van der Waals surface area (Å²) < 4.78 is 65.0. The quantitative estimate of drug-likeness (QED) is 0.0451. The third-order valence-electron chi connectivity index (χ3n) is 17.2. The first kappa shape index (κ1) is 67.9. The van der Waals surface area contributed by atoms with E-state index in [1.54, 1.807) is 21.3 Å². The standard InChI is InChI=1S/C59H112O11Si3/c1-40(34-43(4)54(68-71(21,22)57(9,10)11)46(7)53(44(5)36-60)64-37-48-28-31-49(63-20)32-29-48)33-42(3)52(66-39-62-19)41(2)27-30-50(65-38-61-18)35-51-45(6)55(69-72(23,24)58(12,13)14)47(8)56(67-51)70-73(25,26)59(15,16)17/h27-33,41-47,50-56,60H,34-39H2,1-26H3/b30-27-,40-33-/t41-,42-,43-,44-,45-,46+,47+,50+,51-,52-,53-,54+,55-,56+/m0/s1. The molecule has 0 spiro atoms. The van der Waals surface area contributed by atoms with Crippen LogP contribution in [0.3, 0.4) is 0 Å². The van der Waals surface area contributed by atoms with Gasteiger partial charge in [0.25, 0.3) is 0 Å². The van der Waals surface area contributed by atoms with Crippen LogP contribution in [-0.2, 0) is 48.3 Å². The molecule has 1 aromatic carbocycles. The Morgan fingerprint density at radius 2 is 1.19 bits per heavy atom. The van der Waals surface area contributed by atoms with E-state index >= 15 is 0 Å². The molecule has 0 amide bonds. The lowest BCUT2D eigenvalue weighted by molar-refractivity contribution is -0.237. The predicted molar refractivity (Wildman–Crippen MR) is 310 cm³/mol. The van der Waals surface area contributed by atoms with Gasteiger partial charge < -0.3 is 51.5 Å². The van der Waals surface area contributed by atoms with Crippen molar-refractivity contribution in [1.82, 2.24) is 0 Å². The molecule has 1 saturated heterocycles. The van der Waals surface area contributed by atoms with Crippen LogP contribution in [0.4, 0.5) is 0 Å². The zero-order valence-corrected chi connectivity index (χ0v) is 54.4. The zero-order valence-electron chi connectivity index (χ0n) is 51.4. The minimum atomic E-state index is -2.23. The van der Waals surface area contributed by atoms with Gasteiger partial charge in [-0.25, -0.2) is 0 Å². The van der Waals surface area contributed by atoms with Gasteiger partial charge in [0, 0.05) is 62.8 Å². The summed E-state index contributed by atoms with van der Waals surface area (Å²) in [6, 6.07) is 7.99. The number of aliphatic hydroxyl groups is 1. The molecule has 0 aliphatic carbocycles. The van der Waals surface area contributed by atoms with Crippen molar-refractivity contribution in [2.24, 2.45) is 41.4 Å². The van der Waals surface area contributed by atoms with Crippen LogP contribution in [0.1, 0.15) is 136 Å². The summed E-state index contributed by atoms with van der Waals surface area (Å²) in [5.74, 6) is 1.09. The fourth-order valence-corrected chi connectivity index (χ4v) is 13.5. The Morgan fingerprint density at radius 3 is 1.70 bits per heavy atom. The second-order valence-electron chi connectivity index (χ2n) is 26.7. The fraction of sp³-hybridized carbons (Fsp3) is 0.831. The molecular formula is C59H112O11Si3. The fourth-order valence-electron chi connectivity index (χ4n) is 9.33. The molecular weight excluding hydrogens is 969 g/mol. The molecule has 1 aromatic rings. The minimum absolute atomic E-state index is 0.00237. The number of methoxy groups -OCH3 is 3. The lowest BCUT2D eigenvalue weighted by atomic mass is 9.81. The van der Waals surface area contributed by atoms with Gasteiger partial charge in [-0.05, 0) is 91.4 Å². The van der Waals surface area contributed by atoms with Gasteiger partial charge in [0.15, 0.2) is 31.2 Å². The first-order valence-corrected chi connectivity index (χ1v) is 36.3. The Morgan fingerprint density at radius 1 is 0.658 bits per heavy atom. The van der Waals surface area contributed by atoms with E-state index in [0.29, 0.717) is 13.0 Å². The highest BCUT2D eigenvalue weighted by Gasteiger charge is 2.51. The first-order chi connectivity index (χ1) is 33.5. The summed E-state index contributed by atoms with van der Waals surface area (Å²) in [4.78, 5) is 0. The number of ether oxygens (including phenoxy) is 7. The molecule has 2 rings (SSSR count). The molecule has 14 atom stereocenters. The smallest absolute Gasteiger partial charge is 0.195 e. The molecule has 0 unspecified atom stereocenters. The lowest BCUT2D eigenvalue weighted by Gasteiger charge is -2.51. The van der Waals surface area contributed by atoms with E-state index in [1.165, 1.54) is 5.57 Å². The third-order valence-corrected chi connectivity index (χ3v) is 30.6. The Balaban J connectivity index is 2.50. The summed E-state index contributed by atoms with van der Waals surface area (Å²) >= 11 is 0. The van der Waals surface area contributed by atoms with Gasteiger partial charge in [-0.1, -0.05) is 147 Å². The number of hydrogen-bond acceptors (Lipinski definition) is 11. The number of rotatable bonds is 30. The van der Waals surface area contributed by atoms with Crippen molar-refractivity contribution >= 4 is 25.0 Å². The molecule has 1 aliphatic heterocycles. The number of allylic oxidation sites excluding steroid dienone is 1. The molecule has 1 N–H and O–H groups in total. The van der Waals surface area contributed by atoms with Crippen LogP contribution >= 0.6 is 0 Å². The molecule has 73 heavy (non-hydrogen) atoms. The van der Waals surface area contributed by atoms with Crippen molar-refractivity contribution in [2.75, 3.05) is 41.5 Å². The summed E-state index contributed by atoms with van der Waals surface area (Å²) in [5, 5.41) is 10.6. The highest BCUT2D eigenvalue weighted by atomic mass is 28.4. The number of hydrogen-bond donors (Lipinski definition) is 1. The molecule has 1 aliphatic rings. The maximum atomic E-state index is 10.5. The summed E-state index contributed by atoms with van der Waals surface area (Å²) in [7, 11) is -1.56. The van der Waals surface area contributed by atoms with E-state index in [9.17, 15) is 5.11 Å². The Kier molecular flexibility index (Phi) is 27.1. The van der Waals surface area contributed by atoms with E-state index in [4.69, 9.17) is 46.4 Å². The van der Waals surface area contributed by atoms with Gasteiger partial charge in [0.1, 0.15) is 19.3 Å². The Hall–Kier alpha value is -1.25. The van der Waals surface area contributed by atoms with E-state index in [1.807, 2.05) is 24.3 Å². The molecule has 0 radical (unpaired) electrons. The maximum absolute atomic E-state index is 10.5. The van der Waals surface area contributed by atoms with Crippen molar-refractivity contribution in [2.45, 2.75) is 234 Å². The van der Waals surface area contributed by atoms with Crippen molar-refractivity contribution < 1.29 is 51.5 Å². The SMILES string of the molecule is COCO[C@@H]([C@@H](C)/C=C\[C@H](C[C@@H]1O[C@H](O[Si](C)(C)C(C)(C)C)[C@H](C)[C@@H](O[Si](C)(C)C(C)(C)C)[C@H]1C)OCOC)[C@@H](C)/C=C(/C)C[C@H](C)[C@@H](O[Si](C)(C)C(C)(C)C)[C@H](C)[C@@H](OCc1ccc(OC)cc1)[C@@H](C)CO. The van der Waals surface area contributed by atoms with Crippen LogP contribution in [0.15, 0.2) is 48.1 Å². The van der Waals surface area contributed by atoms with E-state index in [2.05, 4.69) is 175 Å². The highest BCUT2D eigenvalue weighted by molar-refractivity contribution is 6.75. The predicted octanol–water partition coefficient (Wildman–Crippen LogP) is 14.8. The Bertz CT molecular complexity index is 1780. The van der Waals surface area contributed by atoms with Gasteiger partial charge in [0.05, 0.1) is 50.3 Å². The molecule has 1 fully saturated rings. The molecule has 0 saturated carbocycles. The topological polar surface area (TPSA) is 113 Å². The summed E-state index contributed by atoms with van der Waals surface area (Å²) in [5.41, 5.74) is 2.33. The molecule has 0 aromatic heterocycles. The monoisotopic (exact) mass is 1080 g/mol. The largest absolute Gasteiger partial charge is 0.497 e. The summed E-state index contributed by atoms with van der Waals surface area (Å²) in [6.07, 6.45) is 6.80. The van der Waals surface area contributed by atoms with Gasteiger partial charge >= 0.3 is 0 Å². The van der Waals surface area contributed by atoms with Crippen LogP contribution in [0, 0.1) is 41.4 Å². The third kappa shape index (κ3) is 20.2. The summed E-state index contributed by atoms with van der Waals surface area (Å²) in [6.45, 7) is 53.2. The highest BCUT2D eigenvalue weighted by Crippen LogP contribution is 2.46. The Labute approximate surface area is 451 Å². The van der Waals surface area contributed by atoms with Crippen LogP contribution < -0.4 is 4.74 Å². The van der Waals surface area contributed by atoms with E-state index in [0.717, 1.165) is 17.7 Å². The number of aliphatic hydroxyl groups excluding tert-OH is 1. The zero-order chi connectivity index (χ0) is 56.1.